The summed E-state index contributed by atoms with van der Waals surface area (Å²) in [4.78, 5) is 23.7. The number of aliphatic carboxylic acids is 1. The largest absolute Gasteiger partial charge is 0.479 e. The van der Waals surface area contributed by atoms with Crippen LogP contribution in [0.2, 0.25) is 0 Å². The Kier molecular flexibility index (Phi) is 3.59. The van der Waals surface area contributed by atoms with E-state index in [9.17, 15) is 14.7 Å². The number of ether oxygens (including phenoxy) is 1. The number of nitrogens with one attached hydrogen (secondary N) is 2. The second-order valence-electron chi connectivity index (χ2n) is 5.45. The molecule has 3 N–H and O–H groups in total. The van der Waals surface area contributed by atoms with Crippen LogP contribution in [0.4, 0.5) is 0 Å². The topological polar surface area (TPSA) is 87.7 Å². The second-order valence-corrected chi connectivity index (χ2v) is 5.45. The standard InChI is InChI=1S/C12H20N2O4/c1-11(2-5-13-6-3-11)9(15)14-12(10(16)17)4-7-18-8-12/h13H,2-8H2,1H3,(H,14,15)(H,16,17). The van der Waals surface area contributed by atoms with Crippen LogP contribution in [0.15, 0.2) is 0 Å². The summed E-state index contributed by atoms with van der Waals surface area (Å²) in [6.07, 6.45) is 1.80. The number of hydrogen-bond donors (Lipinski definition) is 3. The van der Waals surface area contributed by atoms with E-state index in [0.717, 1.165) is 25.9 Å². The van der Waals surface area contributed by atoms with E-state index in [1.807, 2.05) is 6.92 Å². The summed E-state index contributed by atoms with van der Waals surface area (Å²) in [5.41, 5.74) is -1.71. The summed E-state index contributed by atoms with van der Waals surface area (Å²) in [7, 11) is 0. The first kappa shape index (κ1) is 13.3. The number of piperidine rings is 1. The fourth-order valence-electron chi connectivity index (χ4n) is 2.46. The van der Waals surface area contributed by atoms with Crippen LogP contribution in [0.5, 0.6) is 0 Å². The quantitative estimate of drug-likeness (QED) is 0.647. The van der Waals surface area contributed by atoms with Crippen LogP contribution in [0, 0.1) is 5.41 Å². The molecule has 102 valence electrons. The number of amides is 1. The minimum atomic E-state index is -1.23. The van der Waals surface area contributed by atoms with Gasteiger partial charge in [0.25, 0.3) is 0 Å². The van der Waals surface area contributed by atoms with Gasteiger partial charge in [-0.3, -0.25) is 4.79 Å². The molecule has 0 aliphatic carbocycles. The number of carboxylic acids is 1. The SMILES string of the molecule is CC1(C(=O)NC2(C(=O)O)CCOC2)CCNCC1. The van der Waals surface area contributed by atoms with Crippen LogP contribution >= 0.6 is 0 Å². The number of carbonyl (C=O) groups excluding carboxylic acids is 1. The Balaban J connectivity index is 2.07. The molecule has 0 saturated carbocycles. The van der Waals surface area contributed by atoms with Crippen molar-refractivity contribution in [3.05, 3.63) is 0 Å². The molecule has 0 spiro atoms. The Bertz CT molecular complexity index is 344. The Hall–Kier alpha value is -1.14. The molecule has 1 unspecified atom stereocenters. The highest BCUT2D eigenvalue weighted by atomic mass is 16.5. The van der Waals surface area contributed by atoms with Crippen molar-refractivity contribution in [3.63, 3.8) is 0 Å². The lowest BCUT2D eigenvalue weighted by molar-refractivity contribution is -0.150. The predicted molar refractivity (Wildman–Crippen MR) is 64.2 cm³/mol. The van der Waals surface area contributed by atoms with Crippen molar-refractivity contribution in [2.24, 2.45) is 5.41 Å². The zero-order chi connectivity index (χ0) is 13.2. The summed E-state index contributed by atoms with van der Waals surface area (Å²) in [5, 5.41) is 15.2. The van der Waals surface area contributed by atoms with E-state index in [1.54, 1.807) is 0 Å². The summed E-state index contributed by atoms with van der Waals surface area (Å²) >= 11 is 0. The Labute approximate surface area is 106 Å². The van der Waals surface area contributed by atoms with Gasteiger partial charge in [-0.1, -0.05) is 6.92 Å². The lowest BCUT2D eigenvalue weighted by Gasteiger charge is -2.35. The van der Waals surface area contributed by atoms with E-state index >= 15 is 0 Å². The Morgan fingerprint density at radius 3 is 2.44 bits per heavy atom. The lowest BCUT2D eigenvalue weighted by Crippen LogP contribution is -2.59. The van der Waals surface area contributed by atoms with Crippen LogP contribution in [-0.2, 0) is 14.3 Å². The summed E-state index contributed by atoms with van der Waals surface area (Å²) < 4.78 is 5.14. The van der Waals surface area contributed by atoms with E-state index < -0.39 is 16.9 Å². The molecule has 1 amide bonds. The van der Waals surface area contributed by atoms with Gasteiger partial charge in [0.15, 0.2) is 5.54 Å². The van der Waals surface area contributed by atoms with Gasteiger partial charge >= 0.3 is 5.97 Å². The van der Waals surface area contributed by atoms with Crippen molar-refractivity contribution in [1.82, 2.24) is 10.6 Å². The minimum absolute atomic E-state index is 0.0579. The summed E-state index contributed by atoms with van der Waals surface area (Å²) in [6.45, 7) is 3.92. The number of rotatable bonds is 3. The van der Waals surface area contributed by atoms with E-state index in [2.05, 4.69) is 10.6 Å². The van der Waals surface area contributed by atoms with Crippen LogP contribution in [0.3, 0.4) is 0 Å². The molecule has 18 heavy (non-hydrogen) atoms. The van der Waals surface area contributed by atoms with Crippen molar-refractivity contribution in [3.8, 4) is 0 Å². The molecule has 2 aliphatic heterocycles. The fourth-order valence-corrected chi connectivity index (χ4v) is 2.46. The Morgan fingerprint density at radius 2 is 1.94 bits per heavy atom. The molecular weight excluding hydrogens is 236 g/mol. The highest BCUT2D eigenvalue weighted by Crippen LogP contribution is 2.30. The monoisotopic (exact) mass is 256 g/mol. The van der Waals surface area contributed by atoms with Crippen LogP contribution < -0.4 is 10.6 Å². The maximum atomic E-state index is 12.3. The molecule has 2 rings (SSSR count). The van der Waals surface area contributed by atoms with E-state index in [-0.39, 0.29) is 12.5 Å². The van der Waals surface area contributed by atoms with Crippen LogP contribution in [0.25, 0.3) is 0 Å². The van der Waals surface area contributed by atoms with Gasteiger partial charge in [0.2, 0.25) is 5.91 Å². The van der Waals surface area contributed by atoms with Gasteiger partial charge in [-0.05, 0) is 25.9 Å². The molecule has 0 radical (unpaired) electrons. The molecule has 0 aromatic carbocycles. The van der Waals surface area contributed by atoms with E-state index in [1.165, 1.54) is 0 Å². The zero-order valence-electron chi connectivity index (χ0n) is 10.6. The van der Waals surface area contributed by atoms with Crippen molar-refractivity contribution in [1.29, 1.82) is 0 Å². The smallest absolute Gasteiger partial charge is 0.331 e. The van der Waals surface area contributed by atoms with Gasteiger partial charge in [-0.15, -0.1) is 0 Å². The molecule has 0 aromatic rings. The van der Waals surface area contributed by atoms with Gasteiger partial charge < -0.3 is 20.5 Å². The maximum Gasteiger partial charge on any atom is 0.331 e. The molecule has 2 aliphatic rings. The van der Waals surface area contributed by atoms with Crippen molar-refractivity contribution < 1.29 is 19.4 Å². The number of carboxylic acid groups (broad SMARTS) is 1. The normalized spacial score (nSPS) is 30.9. The van der Waals surface area contributed by atoms with Crippen molar-refractivity contribution in [2.45, 2.75) is 31.7 Å². The maximum absolute atomic E-state index is 12.3. The fraction of sp³-hybridized carbons (Fsp3) is 0.833. The van der Waals surface area contributed by atoms with Crippen molar-refractivity contribution >= 4 is 11.9 Å². The number of carbonyl (C=O) groups is 2. The van der Waals surface area contributed by atoms with Gasteiger partial charge in [0.1, 0.15) is 0 Å². The molecule has 2 saturated heterocycles. The van der Waals surface area contributed by atoms with Gasteiger partial charge in [0.05, 0.1) is 6.61 Å². The Morgan fingerprint density at radius 1 is 1.28 bits per heavy atom. The average Bonchev–Trinajstić information content (AvgIpc) is 2.80. The molecule has 2 heterocycles. The molecule has 6 nitrogen and oxygen atoms in total. The molecule has 0 aromatic heterocycles. The molecule has 6 heteroatoms. The molecule has 2 fully saturated rings. The average molecular weight is 256 g/mol. The first-order valence-corrected chi connectivity index (χ1v) is 6.33. The lowest BCUT2D eigenvalue weighted by atomic mass is 9.79. The minimum Gasteiger partial charge on any atom is -0.479 e. The first-order chi connectivity index (χ1) is 8.49. The van der Waals surface area contributed by atoms with E-state index in [4.69, 9.17) is 4.74 Å². The third kappa shape index (κ3) is 2.35. The zero-order valence-corrected chi connectivity index (χ0v) is 10.6. The predicted octanol–water partition coefficient (Wildman–Crippen LogP) is -0.264. The third-order valence-corrected chi connectivity index (χ3v) is 4.04. The van der Waals surface area contributed by atoms with Crippen molar-refractivity contribution in [2.75, 3.05) is 26.3 Å². The number of hydrogen-bond acceptors (Lipinski definition) is 4. The molecule has 0 bridgehead atoms. The van der Waals surface area contributed by atoms with Gasteiger partial charge in [0, 0.05) is 18.4 Å². The molecule has 1 atom stereocenters. The first-order valence-electron chi connectivity index (χ1n) is 6.33. The highest BCUT2D eigenvalue weighted by molar-refractivity contribution is 5.90. The molecular formula is C12H20N2O4. The van der Waals surface area contributed by atoms with Crippen LogP contribution in [0.1, 0.15) is 26.2 Å². The van der Waals surface area contributed by atoms with Crippen LogP contribution in [-0.4, -0.2) is 48.8 Å². The summed E-state index contributed by atoms with van der Waals surface area (Å²) in [6, 6.07) is 0. The van der Waals surface area contributed by atoms with Gasteiger partial charge in [-0.25, -0.2) is 4.79 Å². The third-order valence-electron chi connectivity index (χ3n) is 4.04. The van der Waals surface area contributed by atoms with Gasteiger partial charge in [-0.2, -0.15) is 0 Å². The second kappa shape index (κ2) is 4.85. The highest BCUT2D eigenvalue weighted by Gasteiger charge is 2.47. The van der Waals surface area contributed by atoms with E-state index in [0.29, 0.717) is 13.0 Å². The summed E-state index contributed by atoms with van der Waals surface area (Å²) in [5.74, 6) is -1.18.